The molecular formula is C32H27N5O4S3. The Balaban J connectivity index is 1.13. The second kappa shape index (κ2) is 13.1. The molecule has 3 unspecified atom stereocenters. The van der Waals surface area contributed by atoms with Crippen molar-refractivity contribution in [1.82, 2.24) is 4.98 Å². The number of allylic oxidation sites excluding steroid dienone is 2. The van der Waals surface area contributed by atoms with Crippen molar-refractivity contribution >= 4 is 69.0 Å². The van der Waals surface area contributed by atoms with Crippen LogP contribution in [-0.2, 0) is 4.79 Å². The first-order chi connectivity index (χ1) is 21.4. The third kappa shape index (κ3) is 6.42. The van der Waals surface area contributed by atoms with Crippen molar-refractivity contribution in [2.75, 3.05) is 15.5 Å². The zero-order valence-corrected chi connectivity index (χ0v) is 25.9. The number of anilines is 3. The monoisotopic (exact) mass is 641 g/mol. The second-order valence-electron chi connectivity index (χ2n) is 9.99. The van der Waals surface area contributed by atoms with E-state index in [-0.39, 0.29) is 28.9 Å². The van der Waals surface area contributed by atoms with Crippen LogP contribution in [0.2, 0.25) is 0 Å². The smallest absolute Gasteiger partial charge is 0.307 e. The predicted molar refractivity (Wildman–Crippen MR) is 179 cm³/mol. The number of rotatable bonds is 8. The lowest BCUT2D eigenvalue weighted by Crippen LogP contribution is -2.49. The molecule has 0 saturated heterocycles. The van der Waals surface area contributed by atoms with Gasteiger partial charge in [-0.3, -0.25) is 19.8 Å². The van der Waals surface area contributed by atoms with E-state index in [0.29, 0.717) is 28.5 Å². The summed E-state index contributed by atoms with van der Waals surface area (Å²) in [6.07, 6.45) is 8.74. The number of urea groups is 1. The van der Waals surface area contributed by atoms with Gasteiger partial charge in [-0.1, -0.05) is 61.6 Å². The second-order valence-corrected chi connectivity index (χ2v) is 13.3. The number of nitro benzene ring substituents is 1. The summed E-state index contributed by atoms with van der Waals surface area (Å²) in [5.41, 5.74) is 2.65. The van der Waals surface area contributed by atoms with Crippen molar-refractivity contribution in [3.63, 3.8) is 0 Å². The SMILES string of the molecule is CCC(Sc1cccc(NC(=O)N2c3ccccc3SC3C=CC=CC32)c1)C(=O)Nc1nc(-c2cccc([N+](=O)[O-])c2)cs1. The average Bonchev–Trinajstić information content (AvgIpc) is 3.51. The number of amides is 3. The minimum absolute atomic E-state index is 0.0196. The molecule has 2 heterocycles. The van der Waals surface area contributed by atoms with Gasteiger partial charge in [-0.25, -0.2) is 9.78 Å². The molecule has 0 fully saturated rings. The average molecular weight is 642 g/mol. The number of carbonyl (C=O) groups is 2. The van der Waals surface area contributed by atoms with Gasteiger partial charge in [0.05, 0.1) is 32.8 Å². The fourth-order valence-corrected chi connectivity index (χ4v) is 7.97. The standard InChI is InChI=1S/C32H27N5O4S3/c1-2-27(30(38)35-31-34-24(19-42-31)20-9-7-11-22(17-20)37(40)41)43-23-12-8-10-21(18-23)33-32(39)36-25-13-3-5-15-28(25)44-29-16-6-4-14-26(29)36/h3-19,25,27-28H,2H2,1H3,(H,33,39)(H,34,35,38). The third-order valence-corrected chi connectivity index (χ3v) is 10.5. The number of nitrogens with zero attached hydrogens (tertiary/aromatic N) is 3. The van der Waals surface area contributed by atoms with E-state index in [1.54, 1.807) is 29.3 Å². The number of nitrogens with one attached hydrogen (secondary N) is 2. The van der Waals surface area contributed by atoms with Gasteiger partial charge in [0.25, 0.3) is 5.69 Å². The molecule has 0 spiro atoms. The molecule has 1 aliphatic carbocycles. The topological polar surface area (TPSA) is 117 Å². The van der Waals surface area contributed by atoms with E-state index in [1.807, 2.05) is 72.5 Å². The fraction of sp³-hybridized carbons (Fsp3) is 0.156. The van der Waals surface area contributed by atoms with E-state index in [4.69, 9.17) is 0 Å². The first-order valence-corrected chi connectivity index (χ1v) is 16.5. The number of hydrogen-bond acceptors (Lipinski definition) is 8. The zero-order chi connectivity index (χ0) is 30.6. The fourth-order valence-electron chi connectivity index (χ4n) is 4.97. The Labute approximate surface area is 266 Å². The van der Waals surface area contributed by atoms with Crippen LogP contribution in [0.4, 0.5) is 27.0 Å². The molecule has 6 rings (SSSR count). The summed E-state index contributed by atoms with van der Waals surface area (Å²) >= 11 is 4.43. The molecule has 44 heavy (non-hydrogen) atoms. The van der Waals surface area contributed by atoms with Crippen LogP contribution < -0.4 is 15.5 Å². The van der Waals surface area contributed by atoms with Crippen molar-refractivity contribution in [2.45, 2.75) is 39.7 Å². The molecular weight excluding hydrogens is 615 g/mol. The number of para-hydroxylation sites is 1. The minimum Gasteiger partial charge on any atom is -0.307 e. The molecule has 1 aromatic heterocycles. The molecule has 222 valence electrons. The van der Waals surface area contributed by atoms with Crippen LogP contribution in [0, 0.1) is 10.1 Å². The van der Waals surface area contributed by atoms with Crippen LogP contribution in [0.5, 0.6) is 0 Å². The summed E-state index contributed by atoms with van der Waals surface area (Å²) in [6, 6.07) is 21.3. The van der Waals surface area contributed by atoms with Gasteiger partial charge in [0.1, 0.15) is 0 Å². The Morgan fingerprint density at radius 2 is 1.86 bits per heavy atom. The summed E-state index contributed by atoms with van der Waals surface area (Å²) in [7, 11) is 0. The van der Waals surface area contributed by atoms with Crippen molar-refractivity contribution in [2.24, 2.45) is 0 Å². The van der Waals surface area contributed by atoms with E-state index in [0.717, 1.165) is 15.5 Å². The van der Waals surface area contributed by atoms with Gasteiger partial charge in [0.2, 0.25) is 5.91 Å². The molecule has 2 aliphatic rings. The molecule has 0 saturated carbocycles. The van der Waals surface area contributed by atoms with Crippen LogP contribution in [0.25, 0.3) is 11.3 Å². The van der Waals surface area contributed by atoms with Gasteiger partial charge >= 0.3 is 6.03 Å². The lowest BCUT2D eigenvalue weighted by atomic mass is 10.1. The molecule has 12 heteroatoms. The van der Waals surface area contributed by atoms with E-state index < -0.39 is 10.2 Å². The molecule has 0 bridgehead atoms. The minimum atomic E-state index is -0.450. The van der Waals surface area contributed by atoms with Gasteiger partial charge < -0.3 is 10.6 Å². The predicted octanol–water partition coefficient (Wildman–Crippen LogP) is 8.24. The van der Waals surface area contributed by atoms with Crippen molar-refractivity contribution < 1.29 is 14.5 Å². The highest BCUT2D eigenvalue weighted by Gasteiger charge is 2.36. The zero-order valence-electron chi connectivity index (χ0n) is 23.5. The number of non-ortho nitro benzene ring substituents is 1. The number of thiazole rings is 1. The summed E-state index contributed by atoms with van der Waals surface area (Å²) in [5, 5.41) is 19.0. The maximum absolute atomic E-state index is 13.7. The molecule has 4 aromatic rings. The number of hydrogen-bond donors (Lipinski definition) is 2. The van der Waals surface area contributed by atoms with E-state index in [9.17, 15) is 19.7 Å². The number of carbonyl (C=O) groups excluding carboxylic acids is 2. The number of aromatic nitrogens is 1. The molecule has 3 atom stereocenters. The normalized spacial score (nSPS) is 17.3. The highest BCUT2D eigenvalue weighted by molar-refractivity contribution is 8.00. The highest BCUT2D eigenvalue weighted by atomic mass is 32.2. The van der Waals surface area contributed by atoms with E-state index >= 15 is 0 Å². The Bertz CT molecular complexity index is 1790. The highest BCUT2D eigenvalue weighted by Crippen LogP contribution is 2.43. The Kier molecular flexibility index (Phi) is 8.82. The maximum atomic E-state index is 13.7. The molecule has 3 aromatic carbocycles. The molecule has 0 radical (unpaired) electrons. The summed E-state index contributed by atoms with van der Waals surface area (Å²) in [5.74, 6) is -0.197. The molecule has 1 aliphatic heterocycles. The molecule has 9 nitrogen and oxygen atoms in total. The maximum Gasteiger partial charge on any atom is 0.326 e. The van der Waals surface area contributed by atoms with Gasteiger partial charge in [-0.15, -0.1) is 34.9 Å². The van der Waals surface area contributed by atoms with Crippen molar-refractivity contribution in [1.29, 1.82) is 0 Å². The number of benzene rings is 3. The van der Waals surface area contributed by atoms with Crippen LogP contribution in [-0.4, -0.2) is 38.4 Å². The van der Waals surface area contributed by atoms with Crippen molar-refractivity contribution in [3.05, 3.63) is 113 Å². The number of nitro groups is 1. The molecule has 3 amide bonds. The Morgan fingerprint density at radius 3 is 2.70 bits per heavy atom. The first kappa shape index (κ1) is 29.7. The summed E-state index contributed by atoms with van der Waals surface area (Å²) < 4.78 is 0. The van der Waals surface area contributed by atoms with Gasteiger partial charge in [0, 0.05) is 38.6 Å². The van der Waals surface area contributed by atoms with E-state index in [2.05, 4.69) is 27.8 Å². The summed E-state index contributed by atoms with van der Waals surface area (Å²) in [6.45, 7) is 1.94. The molecule has 2 N–H and O–H groups in total. The summed E-state index contributed by atoms with van der Waals surface area (Å²) in [4.78, 5) is 45.8. The Morgan fingerprint density at radius 1 is 1.05 bits per heavy atom. The first-order valence-electron chi connectivity index (χ1n) is 13.9. The van der Waals surface area contributed by atoms with Gasteiger partial charge in [-0.05, 0) is 36.8 Å². The Hall–Kier alpha value is -4.39. The number of thioether (sulfide) groups is 2. The largest absolute Gasteiger partial charge is 0.326 e. The van der Waals surface area contributed by atoms with E-state index in [1.165, 1.54) is 35.2 Å². The van der Waals surface area contributed by atoms with Crippen LogP contribution in [0.3, 0.4) is 0 Å². The van der Waals surface area contributed by atoms with Crippen LogP contribution in [0.1, 0.15) is 13.3 Å². The van der Waals surface area contributed by atoms with Gasteiger partial charge in [0.15, 0.2) is 5.13 Å². The third-order valence-electron chi connectivity index (χ3n) is 7.08. The van der Waals surface area contributed by atoms with Crippen LogP contribution in [0.15, 0.2) is 112 Å². The lowest BCUT2D eigenvalue weighted by Gasteiger charge is -2.40. The number of fused-ring (bicyclic) bond motifs is 2. The quantitative estimate of drug-likeness (QED) is 0.113. The van der Waals surface area contributed by atoms with Crippen molar-refractivity contribution in [3.8, 4) is 11.3 Å². The van der Waals surface area contributed by atoms with Gasteiger partial charge in [-0.2, -0.15) is 0 Å². The van der Waals surface area contributed by atoms with Crippen LogP contribution >= 0.6 is 34.9 Å². The lowest BCUT2D eigenvalue weighted by molar-refractivity contribution is -0.384.